The summed E-state index contributed by atoms with van der Waals surface area (Å²) in [6, 6.07) is 2.43. The lowest BCUT2D eigenvalue weighted by Crippen LogP contribution is -2.54. The Labute approximate surface area is 117 Å². The second kappa shape index (κ2) is 6.06. The van der Waals surface area contributed by atoms with Crippen molar-refractivity contribution < 1.29 is 0 Å². The van der Waals surface area contributed by atoms with Gasteiger partial charge in [0.05, 0.1) is 11.7 Å². The summed E-state index contributed by atoms with van der Waals surface area (Å²) in [5.41, 5.74) is 1.25. The Morgan fingerprint density at radius 1 is 1.32 bits per heavy atom. The quantitative estimate of drug-likeness (QED) is 0.886. The third kappa shape index (κ3) is 3.18. The van der Waals surface area contributed by atoms with Crippen molar-refractivity contribution in [1.29, 1.82) is 0 Å². The molecule has 19 heavy (non-hydrogen) atoms. The molecule has 108 valence electrons. The summed E-state index contributed by atoms with van der Waals surface area (Å²) in [4.78, 5) is 2.62. The zero-order valence-corrected chi connectivity index (χ0v) is 12.8. The highest BCUT2D eigenvalue weighted by Crippen LogP contribution is 2.32. The molecule has 1 aliphatic rings. The van der Waals surface area contributed by atoms with Crippen molar-refractivity contribution in [2.45, 2.75) is 51.6 Å². The van der Waals surface area contributed by atoms with Crippen LogP contribution >= 0.6 is 0 Å². The summed E-state index contributed by atoms with van der Waals surface area (Å²) in [6.07, 6.45) is 6.06. The summed E-state index contributed by atoms with van der Waals surface area (Å²) in [5, 5.41) is 8.25. The first-order valence-corrected chi connectivity index (χ1v) is 7.53. The summed E-state index contributed by atoms with van der Waals surface area (Å²) in [6.45, 7) is 10.3. The van der Waals surface area contributed by atoms with Crippen LogP contribution in [0.3, 0.4) is 0 Å². The number of piperidine rings is 1. The highest BCUT2D eigenvalue weighted by Gasteiger charge is 2.37. The van der Waals surface area contributed by atoms with Crippen LogP contribution in [-0.4, -0.2) is 39.9 Å². The number of nitrogens with one attached hydrogen (secondary N) is 1. The molecule has 0 aromatic carbocycles. The Balaban J connectivity index is 2.20. The van der Waals surface area contributed by atoms with Crippen molar-refractivity contribution in [2.75, 3.05) is 19.6 Å². The van der Waals surface area contributed by atoms with Crippen LogP contribution in [0.1, 0.15) is 51.8 Å². The van der Waals surface area contributed by atoms with Gasteiger partial charge in [0, 0.05) is 18.8 Å². The van der Waals surface area contributed by atoms with Crippen LogP contribution in [0, 0.1) is 0 Å². The number of nitrogens with zero attached hydrogens (tertiary/aromatic N) is 3. The largest absolute Gasteiger partial charge is 0.307 e. The number of likely N-dealkylation sites (N-methyl/N-ethyl adjacent to an activating group) is 1. The molecule has 0 aliphatic carbocycles. The molecule has 1 aliphatic heterocycles. The van der Waals surface area contributed by atoms with E-state index < -0.39 is 0 Å². The van der Waals surface area contributed by atoms with Gasteiger partial charge in [-0.1, -0.05) is 13.3 Å². The van der Waals surface area contributed by atoms with E-state index in [4.69, 9.17) is 0 Å². The fourth-order valence-electron chi connectivity index (χ4n) is 3.16. The molecule has 4 nitrogen and oxygen atoms in total. The Morgan fingerprint density at radius 3 is 2.53 bits per heavy atom. The molecule has 0 bridgehead atoms. The van der Waals surface area contributed by atoms with E-state index in [1.54, 1.807) is 0 Å². The maximum absolute atomic E-state index is 4.62. The molecule has 1 saturated heterocycles. The molecule has 1 fully saturated rings. The van der Waals surface area contributed by atoms with Crippen molar-refractivity contribution in [2.24, 2.45) is 7.05 Å². The second-order valence-corrected chi connectivity index (χ2v) is 6.11. The Morgan fingerprint density at radius 2 is 2.00 bits per heavy atom. The van der Waals surface area contributed by atoms with E-state index >= 15 is 0 Å². The van der Waals surface area contributed by atoms with Crippen molar-refractivity contribution in [3.63, 3.8) is 0 Å². The van der Waals surface area contributed by atoms with Crippen molar-refractivity contribution in [1.82, 2.24) is 20.0 Å². The third-order valence-corrected chi connectivity index (χ3v) is 4.32. The lowest BCUT2D eigenvalue weighted by molar-refractivity contribution is 0.0598. The molecule has 0 radical (unpaired) electrons. The average molecular weight is 264 g/mol. The monoisotopic (exact) mass is 264 g/mol. The summed E-state index contributed by atoms with van der Waals surface area (Å²) >= 11 is 0. The minimum Gasteiger partial charge on any atom is -0.307 e. The number of aryl methyl sites for hydroxylation is 1. The second-order valence-electron chi connectivity index (χ2n) is 6.11. The van der Waals surface area contributed by atoms with Gasteiger partial charge in [-0.05, 0) is 52.4 Å². The van der Waals surface area contributed by atoms with Crippen LogP contribution in [0.25, 0.3) is 0 Å². The van der Waals surface area contributed by atoms with Crippen LogP contribution in [0.5, 0.6) is 0 Å². The van der Waals surface area contributed by atoms with Gasteiger partial charge < -0.3 is 5.32 Å². The smallest absolute Gasteiger partial charge is 0.0812 e. The number of hydrogen-bond donors (Lipinski definition) is 1. The van der Waals surface area contributed by atoms with Gasteiger partial charge >= 0.3 is 0 Å². The third-order valence-electron chi connectivity index (χ3n) is 4.32. The lowest BCUT2D eigenvalue weighted by Gasteiger charge is -2.45. The van der Waals surface area contributed by atoms with Crippen LogP contribution in [0.2, 0.25) is 0 Å². The first-order chi connectivity index (χ1) is 9.05. The van der Waals surface area contributed by atoms with E-state index in [-0.39, 0.29) is 11.6 Å². The zero-order valence-electron chi connectivity index (χ0n) is 12.8. The molecule has 4 heteroatoms. The summed E-state index contributed by atoms with van der Waals surface area (Å²) in [5.74, 6) is 0. The fraction of sp³-hybridized carbons (Fsp3) is 0.800. The molecule has 0 spiro atoms. The molecule has 1 atom stereocenters. The van der Waals surface area contributed by atoms with E-state index in [0.717, 1.165) is 12.2 Å². The van der Waals surface area contributed by atoms with Gasteiger partial charge in [0.1, 0.15) is 0 Å². The van der Waals surface area contributed by atoms with E-state index in [9.17, 15) is 0 Å². The highest BCUT2D eigenvalue weighted by molar-refractivity contribution is 5.13. The molecule has 1 aromatic heterocycles. The Bertz CT molecular complexity index is 391. The molecule has 0 amide bonds. The molecular formula is C15H28N4. The van der Waals surface area contributed by atoms with Gasteiger partial charge in [-0.25, -0.2) is 0 Å². The fourth-order valence-corrected chi connectivity index (χ4v) is 3.16. The van der Waals surface area contributed by atoms with Crippen LogP contribution in [0.4, 0.5) is 0 Å². The number of aromatic nitrogens is 2. The van der Waals surface area contributed by atoms with Crippen LogP contribution < -0.4 is 5.32 Å². The maximum Gasteiger partial charge on any atom is 0.0812 e. The number of rotatable bonds is 5. The van der Waals surface area contributed by atoms with Gasteiger partial charge in [0.2, 0.25) is 0 Å². The summed E-state index contributed by atoms with van der Waals surface area (Å²) < 4.78 is 1.89. The molecule has 1 unspecified atom stereocenters. The molecular weight excluding hydrogens is 236 g/mol. The van der Waals surface area contributed by atoms with Gasteiger partial charge in [-0.3, -0.25) is 9.58 Å². The molecule has 0 saturated carbocycles. The normalized spacial score (nSPS) is 19.6. The van der Waals surface area contributed by atoms with Crippen molar-refractivity contribution in [3.8, 4) is 0 Å². The maximum atomic E-state index is 4.62. The predicted octanol–water partition coefficient (Wildman–Crippen LogP) is 2.34. The summed E-state index contributed by atoms with van der Waals surface area (Å²) in [7, 11) is 1.99. The average Bonchev–Trinajstić information content (AvgIpc) is 2.83. The van der Waals surface area contributed by atoms with Gasteiger partial charge in [0.15, 0.2) is 0 Å². The van der Waals surface area contributed by atoms with E-state index in [1.807, 2.05) is 17.9 Å². The topological polar surface area (TPSA) is 33.1 Å². The number of hydrogen-bond acceptors (Lipinski definition) is 3. The Kier molecular flexibility index (Phi) is 4.63. The predicted molar refractivity (Wildman–Crippen MR) is 79.1 cm³/mol. The Hall–Kier alpha value is -0.870. The highest BCUT2D eigenvalue weighted by atomic mass is 15.3. The standard InChI is InChI=1S/C15H28N4/c1-5-16-14(13-9-12-18(4)17-13)15(2,3)19-10-7-6-8-11-19/h9,12,14,16H,5-8,10-11H2,1-4H3. The van der Waals surface area contributed by atoms with Gasteiger partial charge in [-0.15, -0.1) is 0 Å². The van der Waals surface area contributed by atoms with Gasteiger partial charge in [0.25, 0.3) is 0 Å². The van der Waals surface area contributed by atoms with Crippen LogP contribution in [0.15, 0.2) is 12.3 Å². The SMILES string of the molecule is CCNC(c1ccn(C)n1)C(C)(C)N1CCCCC1. The molecule has 2 rings (SSSR count). The zero-order chi connectivity index (χ0) is 13.9. The molecule has 2 heterocycles. The molecule has 1 N–H and O–H groups in total. The first kappa shape index (κ1) is 14.5. The van der Waals surface area contributed by atoms with E-state index in [2.05, 4.69) is 42.2 Å². The molecule has 1 aromatic rings. The lowest BCUT2D eigenvalue weighted by atomic mass is 9.88. The minimum absolute atomic E-state index is 0.102. The van der Waals surface area contributed by atoms with Gasteiger partial charge in [-0.2, -0.15) is 5.10 Å². The van der Waals surface area contributed by atoms with Crippen molar-refractivity contribution >= 4 is 0 Å². The van der Waals surface area contributed by atoms with E-state index in [0.29, 0.717) is 0 Å². The van der Waals surface area contributed by atoms with Crippen molar-refractivity contribution in [3.05, 3.63) is 18.0 Å². The van der Waals surface area contributed by atoms with Crippen LogP contribution in [-0.2, 0) is 7.05 Å². The first-order valence-electron chi connectivity index (χ1n) is 7.53. The minimum atomic E-state index is 0.102. The number of likely N-dealkylation sites (tertiary alicyclic amines) is 1. The van der Waals surface area contributed by atoms with E-state index in [1.165, 1.54) is 32.4 Å².